The molecular formula is C20H20O2. The number of para-hydroxylation sites is 1. The Labute approximate surface area is 131 Å². The molecule has 1 saturated heterocycles. The lowest BCUT2D eigenvalue weighted by molar-refractivity contribution is -0.127. The monoisotopic (exact) mass is 292 g/mol. The van der Waals surface area contributed by atoms with Gasteiger partial charge in [0.2, 0.25) is 0 Å². The Morgan fingerprint density at radius 1 is 1.05 bits per heavy atom. The van der Waals surface area contributed by atoms with Gasteiger partial charge in [-0.15, -0.1) is 0 Å². The Morgan fingerprint density at radius 2 is 1.77 bits per heavy atom. The van der Waals surface area contributed by atoms with Gasteiger partial charge in [-0.1, -0.05) is 49.4 Å². The molecule has 1 heterocycles. The molecule has 1 aliphatic carbocycles. The number of fused-ring (bicyclic) bond motifs is 1. The third kappa shape index (κ3) is 2.06. The fourth-order valence-electron chi connectivity index (χ4n) is 3.58. The minimum absolute atomic E-state index is 0.174. The SMILES string of the molecule is CCC1(C2C(Oc3ccccc3)=Cc3ccccc32)COC1. The van der Waals surface area contributed by atoms with Crippen molar-refractivity contribution in [2.75, 3.05) is 13.2 Å². The van der Waals surface area contributed by atoms with Crippen LogP contribution in [0.25, 0.3) is 6.08 Å². The van der Waals surface area contributed by atoms with E-state index < -0.39 is 0 Å². The number of rotatable bonds is 4. The first-order valence-electron chi connectivity index (χ1n) is 7.93. The Morgan fingerprint density at radius 3 is 2.45 bits per heavy atom. The van der Waals surface area contributed by atoms with Gasteiger partial charge in [-0.3, -0.25) is 0 Å². The van der Waals surface area contributed by atoms with Crippen molar-refractivity contribution in [2.24, 2.45) is 5.41 Å². The zero-order valence-electron chi connectivity index (χ0n) is 12.8. The second-order valence-corrected chi connectivity index (χ2v) is 6.23. The van der Waals surface area contributed by atoms with E-state index in [0.717, 1.165) is 31.1 Å². The third-order valence-electron chi connectivity index (χ3n) is 4.96. The molecule has 0 aromatic heterocycles. The van der Waals surface area contributed by atoms with Crippen molar-refractivity contribution in [3.05, 3.63) is 71.5 Å². The summed E-state index contributed by atoms with van der Waals surface area (Å²) >= 11 is 0. The van der Waals surface area contributed by atoms with Gasteiger partial charge in [-0.25, -0.2) is 0 Å². The highest BCUT2D eigenvalue weighted by atomic mass is 16.5. The van der Waals surface area contributed by atoms with E-state index in [-0.39, 0.29) is 5.41 Å². The fraction of sp³-hybridized carbons (Fsp3) is 0.300. The number of benzene rings is 2. The summed E-state index contributed by atoms with van der Waals surface area (Å²) in [5.74, 6) is 2.25. The van der Waals surface area contributed by atoms with Crippen LogP contribution in [0.15, 0.2) is 60.4 Å². The number of allylic oxidation sites excluding steroid dienone is 1. The first-order chi connectivity index (χ1) is 10.8. The molecule has 2 aromatic carbocycles. The molecule has 22 heavy (non-hydrogen) atoms. The summed E-state index contributed by atoms with van der Waals surface area (Å²) in [5.41, 5.74) is 2.82. The van der Waals surface area contributed by atoms with E-state index in [1.54, 1.807) is 0 Å². The van der Waals surface area contributed by atoms with Crippen LogP contribution in [0.5, 0.6) is 5.75 Å². The van der Waals surface area contributed by atoms with Gasteiger partial charge in [-0.05, 0) is 35.8 Å². The average molecular weight is 292 g/mol. The normalized spacial score (nSPS) is 21.7. The first kappa shape index (κ1) is 13.6. The molecule has 112 valence electrons. The molecule has 0 spiro atoms. The van der Waals surface area contributed by atoms with Crippen LogP contribution in [0.1, 0.15) is 30.4 Å². The van der Waals surface area contributed by atoms with E-state index in [2.05, 4.69) is 37.3 Å². The predicted octanol–water partition coefficient (Wildman–Crippen LogP) is 4.63. The molecule has 2 aromatic rings. The van der Waals surface area contributed by atoms with Crippen LogP contribution in [0.4, 0.5) is 0 Å². The summed E-state index contributed by atoms with van der Waals surface area (Å²) in [6.45, 7) is 3.89. The molecule has 2 heteroatoms. The zero-order chi connectivity index (χ0) is 15.0. The molecule has 1 fully saturated rings. The smallest absolute Gasteiger partial charge is 0.126 e. The largest absolute Gasteiger partial charge is 0.461 e. The van der Waals surface area contributed by atoms with Gasteiger partial charge in [0.15, 0.2) is 0 Å². The summed E-state index contributed by atoms with van der Waals surface area (Å²) in [7, 11) is 0. The second-order valence-electron chi connectivity index (χ2n) is 6.23. The van der Waals surface area contributed by atoms with Gasteiger partial charge in [-0.2, -0.15) is 0 Å². The van der Waals surface area contributed by atoms with Gasteiger partial charge < -0.3 is 9.47 Å². The summed E-state index contributed by atoms with van der Waals surface area (Å²) in [5, 5.41) is 0. The maximum Gasteiger partial charge on any atom is 0.126 e. The van der Waals surface area contributed by atoms with Crippen LogP contribution in [-0.2, 0) is 4.74 Å². The summed E-state index contributed by atoms with van der Waals surface area (Å²) < 4.78 is 11.8. The molecule has 0 saturated carbocycles. The third-order valence-corrected chi connectivity index (χ3v) is 4.96. The maximum absolute atomic E-state index is 6.26. The lowest BCUT2D eigenvalue weighted by Crippen LogP contribution is -2.47. The molecule has 0 radical (unpaired) electrons. The van der Waals surface area contributed by atoms with Crippen LogP contribution >= 0.6 is 0 Å². The quantitative estimate of drug-likeness (QED) is 0.818. The van der Waals surface area contributed by atoms with E-state index >= 15 is 0 Å². The van der Waals surface area contributed by atoms with Crippen molar-refractivity contribution in [1.82, 2.24) is 0 Å². The predicted molar refractivity (Wildman–Crippen MR) is 87.8 cm³/mol. The van der Waals surface area contributed by atoms with E-state index in [9.17, 15) is 0 Å². The van der Waals surface area contributed by atoms with E-state index in [0.29, 0.717) is 5.92 Å². The highest BCUT2D eigenvalue weighted by Gasteiger charge is 2.49. The number of ether oxygens (including phenoxy) is 2. The Hall–Kier alpha value is -2.06. The molecule has 2 nitrogen and oxygen atoms in total. The highest BCUT2D eigenvalue weighted by molar-refractivity contribution is 5.66. The molecule has 1 atom stereocenters. The van der Waals surface area contributed by atoms with Crippen molar-refractivity contribution in [3.8, 4) is 5.75 Å². The molecule has 4 rings (SSSR count). The molecule has 1 aliphatic heterocycles. The van der Waals surface area contributed by atoms with Gasteiger partial charge in [0.25, 0.3) is 0 Å². The molecule has 0 bridgehead atoms. The van der Waals surface area contributed by atoms with Crippen LogP contribution in [0.3, 0.4) is 0 Å². The van der Waals surface area contributed by atoms with Crippen LogP contribution in [0, 0.1) is 5.41 Å². The van der Waals surface area contributed by atoms with Crippen molar-refractivity contribution in [1.29, 1.82) is 0 Å². The number of hydrogen-bond donors (Lipinski definition) is 0. The minimum Gasteiger partial charge on any atom is -0.461 e. The topological polar surface area (TPSA) is 18.5 Å². The van der Waals surface area contributed by atoms with Crippen molar-refractivity contribution in [3.63, 3.8) is 0 Å². The Balaban J connectivity index is 1.73. The van der Waals surface area contributed by atoms with Crippen LogP contribution < -0.4 is 4.74 Å². The standard InChI is InChI=1S/C20H20O2/c1-2-20(13-21-14-20)19-17-11-7-6-8-15(17)12-18(19)22-16-9-4-3-5-10-16/h3-12,19H,2,13-14H2,1H3. The molecule has 2 aliphatic rings. The summed E-state index contributed by atoms with van der Waals surface area (Å²) in [6, 6.07) is 18.7. The average Bonchev–Trinajstić information content (AvgIpc) is 2.87. The maximum atomic E-state index is 6.26. The Bertz CT molecular complexity index is 693. The lowest BCUT2D eigenvalue weighted by Gasteiger charge is -2.46. The molecule has 0 amide bonds. The molecular weight excluding hydrogens is 272 g/mol. The van der Waals surface area contributed by atoms with E-state index in [1.807, 2.05) is 30.3 Å². The highest BCUT2D eigenvalue weighted by Crippen LogP contribution is 2.53. The second kappa shape index (κ2) is 5.29. The van der Waals surface area contributed by atoms with Crippen LogP contribution in [0.2, 0.25) is 0 Å². The zero-order valence-corrected chi connectivity index (χ0v) is 12.8. The Kier molecular flexibility index (Phi) is 3.27. The molecule has 0 N–H and O–H groups in total. The summed E-state index contributed by atoms with van der Waals surface area (Å²) in [4.78, 5) is 0. The van der Waals surface area contributed by atoms with E-state index in [1.165, 1.54) is 11.1 Å². The lowest BCUT2D eigenvalue weighted by atomic mass is 9.69. The van der Waals surface area contributed by atoms with Gasteiger partial charge >= 0.3 is 0 Å². The summed E-state index contributed by atoms with van der Waals surface area (Å²) in [6.07, 6.45) is 3.30. The fourth-order valence-corrected chi connectivity index (χ4v) is 3.58. The van der Waals surface area contributed by atoms with Gasteiger partial charge in [0.1, 0.15) is 11.5 Å². The first-order valence-corrected chi connectivity index (χ1v) is 7.93. The van der Waals surface area contributed by atoms with Crippen molar-refractivity contribution in [2.45, 2.75) is 19.3 Å². The van der Waals surface area contributed by atoms with Crippen LogP contribution in [-0.4, -0.2) is 13.2 Å². The van der Waals surface area contributed by atoms with Crippen molar-refractivity contribution >= 4 is 6.08 Å². The van der Waals surface area contributed by atoms with Crippen molar-refractivity contribution < 1.29 is 9.47 Å². The van der Waals surface area contributed by atoms with Gasteiger partial charge in [0, 0.05) is 5.41 Å². The molecule has 1 unspecified atom stereocenters. The van der Waals surface area contributed by atoms with E-state index in [4.69, 9.17) is 9.47 Å². The minimum atomic E-state index is 0.174. The van der Waals surface area contributed by atoms with Gasteiger partial charge in [0.05, 0.1) is 19.1 Å². The number of hydrogen-bond acceptors (Lipinski definition) is 2.